The van der Waals surface area contributed by atoms with Crippen molar-refractivity contribution in [2.75, 3.05) is 19.6 Å². The molecule has 0 bridgehead atoms. The van der Waals surface area contributed by atoms with E-state index in [1.807, 2.05) is 0 Å². The van der Waals surface area contributed by atoms with Crippen LogP contribution in [0.3, 0.4) is 0 Å². The van der Waals surface area contributed by atoms with Gasteiger partial charge in [-0.25, -0.2) is 4.98 Å². The normalized spacial score (nSPS) is 23.0. The van der Waals surface area contributed by atoms with E-state index < -0.39 is 0 Å². The Morgan fingerprint density at radius 2 is 2.24 bits per heavy atom. The van der Waals surface area contributed by atoms with Crippen LogP contribution in [0, 0.1) is 5.92 Å². The molecule has 1 aliphatic heterocycles. The van der Waals surface area contributed by atoms with Crippen LogP contribution in [0.1, 0.15) is 31.4 Å². The van der Waals surface area contributed by atoms with E-state index in [0.717, 1.165) is 24.2 Å². The zero-order chi connectivity index (χ0) is 14.1. The van der Waals surface area contributed by atoms with E-state index in [1.165, 1.54) is 51.0 Å². The van der Waals surface area contributed by atoms with Crippen molar-refractivity contribution in [3.05, 3.63) is 36.3 Å². The highest BCUT2D eigenvalue weighted by molar-refractivity contribution is 5.39. The lowest BCUT2D eigenvalue weighted by Crippen LogP contribution is -2.39. The van der Waals surface area contributed by atoms with Gasteiger partial charge in [-0.05, 0) is 56.8 Å². The zero-order valence-corrected chi connectivity index (χ0v) is 12.5. The van der Waals surface area contributed by atoms with Gasteiger partial charge in [0.05, 0.1) is 5.69 Å². The number of nitrogens with one attached hydrogen (secondary N) is 1. The van der Waals surface area contributed by atoms with Crippen molar-refractivity contribution in [2.45, 2.75) is 38.3 Å². The number of hydrogen-bond donors (Lipinski definition) is 1. The minimum absolute atomic E-state index is 0.803. The Morgan fingerprint density at radius 1 is 1.29 bits per heavy atom. The Bertz CT molecular complexity index is 563. The van der Waals surface area contributed by atoms with Gasteiger partial charge in [0.25, 0.3) is 0 Å². The summed E-state index contributed by atoms with van der Waals surface area (Å²) in [5.41, 5.74) is 2.26. The lowest BCUT2D eigenvalue weighted by atomic mass is 9.99. The molecule has 0 radical (unpaired) electrons. The van der Waals surface area contributed by atoms with E-state index >= 15 is 0 Å². The summed E-state index contributed by atoms with van der Waals surface area (Å²) in [6.07, 6.45) is 9.71. The molecular formula is C17H24N4. The van der Waals surface area contributed by atoms with Crippen LogP contribution in [-0.2, 0) is 6.54 Å². The van der Waals surface area contributed by atoms with Crippen LogP contribution < -0.4 is 5.32 Å². The van der Waals surface area contributed by atoms with Crippen LogP contribution in [0.5, 0.6) is 0 Å². The van der Waals surface area contributed by atoms with Gasteiger partial charge in [0.1, 0.15) is 5.65 Å². The molecule has 3 heterocycles. The molecule has 1 saturated heterocycles. The van der Waals surface area contributed by atoms with E-state index in [2.05, 4.69) is 45.2 Å². The maximum absolute atomic E-state index is 4.76. The van der Waals surface area contributed by atoms with Crippen LogP contribution >= 0.6 is 0 Å². The molecule has 4 heteroatoms. The Morgan fingerprint density at radius 3 is 3.00 bits per heavy atom. The number of nitrogens with zero attached hydrogens (tertiary/aromatic N) is 3. The van der Waals surface area contributed by atoms with Gasteiger partial charge in [-0.3, -0.25) is 4.90 Å². The summed E-state index contributed by atoms with van der Waals surface area (Å²) in [7, 11) is 0. The number of imidazole rings is 1. The minimum Gasteiger partial charge on any atom is -0.316 e. The van der Waals surface area contributed by atoms with Crippen LogP contribution in [0.25, 0.3) is 5.65 Å². The molecule has 4 nitrogen and oxygen atoms in total. The topological polar surface area (TPSA) is 32.6 Å². The molecule has 0 amide bonds. The molecule has 2 aromatic rings. The molecular weight excluding hydrogens is 260 g/mol. The summed E-state index contributed by atoms with van der Waals surface area (Å²) in [5.74, 6) is 0.816. The molecule has 112 valence electrons. The van der Waals surface area contributed by atoms with Gasteiger partial charge in [0.15, 0.2) is 0 Å². The van der Waals surface area contributed by atoms with Gasteiger partial charge in [-0.2, -0.15) is 0 Å². The van der Waals surface area contributed by atoms with Crippen molar-refractivity contribution in [1.29, 1.82) is 0 Å². The van der Waals surface area contributed by atoms with Crippen molar-refractivity contribution in [3.63, 3.8) is 0 Å². The minimum atomic E-state index is 0.803. The average Bonchev–Trinajstić information content (AvgIpc) is 3.28. The van der Waals surface area contributed by atoms with Gasteiger partial charge in [0.2, 0.25) is 0 Å². The summed E-state index contributed by atoms with van der Waals surface area (Å²) < 4.78 is 2.13. The second-order valence-corrected chi connectivity index (χ2v) is 6.57. The number of aromatic nitrogens is 2. The predicted octanol–water partition coefficient (Wildman–Crippen LogP) is 2.30. The highest BCUT2D eigenvalue weighted by Crippen LogP contribution is 2.29. The first-order valence-electron chi connectivity index (χ1n) is 8.26. The van der Waals surface area contributed by atoms with E-state index in [1.54, 1.807) is 0 Å². The molecule has 2 aliphatic rings. The molecule has 1 N–H and O–H groups in total. The lowest BCUT2D eigenvalue weighted by molar-refractivity contribution is 0.191. The number of hydrogen-bond acceptors (Lipinski definition) is 3. The number of pyridine rings is 1. The predicted molar refractivity (Wildman–Crippen MR) is 84.2 cm³/mol. The maximum atomic E-state index is 4.76. The first kappa shape index (κ1) is 13.3. The second-order valence-electron chi connectivity index (χ2n) is 6.57. The van der Waals surface area contributed by atoms with Crippen molar-refractivity contribution in [1.82, 2.24) is 19.6 Å². The molecule has 1 saturated carbocycles. The molecule has 2 fully saturated rings. The first-order chi connectivity index (χ1) is 10.4. The Hall–Kier alpha value is -1.39. The van der Waals surface area contributed by atoms with Gasteiger partial charge >= 0.3 is 0 Å². The molecule has 1 aliphatic carbocycles. The zero-order valence-electron chi connectivity index (χ0n) is 12.5. The van der Waals surface area contributed by atoms with Gasteiger partial charge < -0.3 is 9.72 Å². The van der Waals surface area contributed by atoms with Gasteiger partial charge in [-0.1, -0.05) is 6.07 Å². The smallest absolute Gasteiger partial charge is 0.137 e. The SMILES string of the molecule is c1ccn2cc(CN(CC3CCCNC3)C3CC3)nc2c1. The maximum Gasteiger partial charge on any atom is 0.137 e. The van der Waals surface area contributed by atoms with E-state index in [9.17, 15) is 0 Å². The molecule has 1 unspecified atom stereocenters. The highest BCUT2D eigenvalue weighted by Gasteiger charge is 2.31. The van der Waals surface area contributed by atoms with Crippen molar-refractivity contribution in [3.8, 4) is 0 Å². The average molecular weight is 284 g/mol. The molecule has 0 aromatic carbocycles. The molecule has 1 atom stereocenters. The molecule has 2 aromatic heterocycles. The summed E-state index contributed by atoms with van der Waals surface area (Å²) in [5, 5.41) is 3.54. The van der Waals surface area contributed by atoms with E-state index in [0.29, 0.717) is 0 Å². The fraction of sp³-hybridized carbons (Fsp3) is 0.588. The molecule has 21 heavy (non-hydrogen) atoms. The third kappa shape index (κ3) is 3.11. The Kier molecular flexibility index (Phi) is 3.65. The van der Waals surface area contributed by atoms with E-state index in [4.69, 9.17) is 4.98 Å². The van der Waals surface area contributed by atoms with Crippen molar-refractivity contribution >= 4 is 5.65 Å². The first-order valence-corrected chi connectivity index (χ1v) is 8.26. The monoisotopic (exact) mass is 284 g/mol. The van der Waals surface area contributed by atoms with Gasteiger partial charge in [0, 0.05) is 31.5 Å². The second kappa shape index (κ2) is 5.78. The van der Waals surface area contributed by atoms with Crippen LogP contribution in [-0.4, -0.2) is 40.0 Å². The number of rotatable bonds is 5. The third-order valence-corrected chi connectivity index (χ3v) is 4.73. The van der Waals surface area contributed by atoms with E-state index in [-0.39, 0.29) is 0 Å². The van der Waals surface area contributed by atoms with Crippen molar-refractivity contribution in [2.24, 2.45) is 5.92 Å². The Balaban J connectivity index is 1.46. The summed E-state index contributed by atoms with van der Waals surface area (Å²) in [6.45, 7) is 4.62. The third-order valence-electron chi connectivity index (χ3n) is 4.73. The van der Waals surface area contributed by atoms with Crippen LogP contribution in [0.4, 0.5) is 0 Å². The fourth-order valence-corrected chi connectivity index (χ4v) is 3.47. The van der Waals surface area contributed by atoms with Crippen LogP contribution in [0.2, 0.25) is 0 Å². The standard InChI is InChI=1S/C17H24N4/c1-2-9-20-12-15(19-17(20)5-1)13-21(16-6-7-16)11-14-4-3-8-18-10-14/h1-2,5,9,12,14,16,18H,3-4,6-8,10-11,13H2. The molecule has 4 rings (SSSR count). The molecule has 0 spiro atoms. The summed E-state index contributed by atoms with van der Waals surface area (Å²) in [4.78, 5) is 7.43. The highest BCUT2D eigenvalue weighted by atomic mass is 15.2. The fourth-order valence-electron chi connectivity index (χ4n) is 3.47. The largest absolute Gasteiger partial charge is 0.316 e. The summed E-state index contributed by atoms with van der Waals surface area (Å²) >= 11 is 0. The van der Waals surface area contributed by atoms with Crippen molar-refractivity contribution < 1.29 is 0 Å². The number of fused-ring (bicyclic) bond motifs is 1. The summed E-state index contributed by atoms with van der Waals surface area (Å²) in [6, 6.07) is 7.00. The quantitative estimate of drug-likeness (QED) is 0.914. The Labute approximate surface area is 126 Å². The lowest BCUT2D eigenvalue weighted by Gasteiger charge is -2.29. The van der Waals surface area contributed by atoms with Gasteiger partial charge in [-0.15, -0.1) is 0 Å². The number of piperidine rings is 1. The van der Waals surface area contributed by atoms with Crippen LogP contribution in [0.15, 0.2) is 30.6 Å².